The number of carbonyl (C=O) groups is 2. The van der Waals surface area contributed by atoms with Crippen molar-refractivity contribution in [2.24, 2.45) is 0 Å². The maximum Gasteiger partial charge on any atom is 0.230 e. The van der Waals surface area contributed by atoms with Crippen molar-refractivity contribution in [3.63, 3.8) is 0 Å². The van der Waals surface area contributed by atoms with Gasteiger partial charge in [0, 0.05) is 17.0 Å². The Morgan fingerprint density at radius 2 is 1.92 bits per heavy atom. The van der Waals surface area contributed by atoms with Crippen molar-refractivity contribution in [1.82, 2.24) is 5.32 Å². The van der Waals surface area contributed by atoms with E-state index in [1.165, 1.54) is 37.3 Å². The number of carbonyl (C=O) groups excluding carboxylic acids is 2. The predicted octanol–water partition coefficient (Wildman–Crippen LogP) is 3.62. The minimum absolute atomic E-state index is 0.0689. The zero-order chi connectivity index (χ0) is 17.5. The fourth-order valence-corrected chi connectivity index (χ4v) is 2.82. The average Bonchev–Trinajstić information content (AvgIpc) is 2.53. The third kappa shape index (κ3) is 5.45. The maximum atomic E-state index is 13.8. The van der Waals surface area contributed by atoms with Gasteiger partial charge in [-0.1, -0.05) is 18.2 Å². The molecule has 2 aromatic carbocycles. The lowest BCUT2D eigenvalue weighted by Gasteiger charge is -2.07. The van der Waals surface area contributed by atoms with E-state index in [-0.39, 0.29) is 23.3 Å². The molecule has 0 heterocycles. The fraction of sp³-hybridized carbons (Fsp3) is 0.222. The minimum Gasteiger partial charge on any atom is -0.355 e. The number of Topliss-reactive ketones (excluding diaryl/α,β-unsaturated/α-hetero) is 1. The highest BCUT2D eigenvalue weighted by atomic mass is 32.2. The second-order valence-electron chi connectivity index (χ2n) is 5.22. The summed E-state index contributed by atoms with van der Waals surface area (Å²) in [4.78, 5) is 23.3. The highest BCUT2D eigenvalue weighted by molar-refractivity contribution is 8.00. The number of amides is 1. The van der Waals surface area contributed by atoms with Crippen LogP contribution in [0.4, 0.5) is 8.78 Å². The molecule has 0 aromatic heterocycles. The van der Waals surface area contributed by atoms with Gasteiger partial charge in [0.1, 0.15) is 11.6 Å². The van der Waals surface area contributed by atoms with Gasteiger partial charge in [0.2, 0.25) is 5.91 Å². The molecule has 0 aliphatic carbocycles. The molecule has 0 bridgehead atoms. The molecule has 0 saturated heterocycles. The number of ketones is 1. The SMILES string of the molecule is CC(=O)c1ccc(SCC(=O)NCCc2cccc(F)c2)c(F)c1. The molecule has 6 heteroatoms. The van der Waals surface area contributed by atoms with Crippen LogP contribution in [0.15, 0.2) is 47.4 Å². The van der Waals surface area contributed by atoms with Crippen molar-refractivity contribution in [2.75, 3.05) is 12.3 Å². The molecule has 2 aromatic rings. The van der Waals surface area contributed by atoms with Gasteiger partial charge in [-0.2, -0.15) is 0 Å². The van der Waals surface area contributed by atoms with E-state index in [4.69, 9.17) is 0 Å². The first-order chi connectivity index (χ1) is 11.5. The van der Waals surface area contributed by atoms with Crippen LogP contribution in [0.25, 0.3) is 0 Å². The smallest absolute Gasteiger partial charge is 0.230 e. The standard InChI is InChI=1S/C18H17F2NO2S/c1-12(22)14-5-6-17(16(20)10-14)24-11-18(23)21-8-7-13-3-2-4-15(19)9-13/h2-6,9-10H,7-8,11H2,1H3,(H,21,23). The summed E-state index contributed by atoms with van der Waals surface area (Å²) in [6.07, 6.45) is 0.524. The number of rotatable bonds is 7. The van der Waals surface area contributed by atoms with Gasteiger partial charge in [-0.25, -0.2) is 8.78 Å². The van der Waals surface area contributed by atoms with Gasteiger partial charge >= 0.3 is 0 Å². The molecule has 126 valence electrons. The normalized spacial score (nSPS) is 10.5. The van der Waals surface area contributed by atoms with E-state index >= 15 is 0 Å². The summed E-state index contributed by atoms with van der Waals surface area (Å²) < 4.78 is 26.9. The fourth-order valence-electron chi connectivity index (χ4n) is 2.07. The molecule has 0 radical (unpaired) electrons. The Bertz CT molecular complexity index is 750. The van der Waals surface area contributed by atoms with Crippen LogP contribution in [0.3, 0.4) is 0 Å². The molecule has 1 N–H and O–H groups in total. The zero-order valence-electron chi connectivity index (χ0n) is 13.1. The molecular weight excluding hydrogens is 332 g/mol. The number of thioether (sulfide) groups is 1. The molecule has 0 aliphatic heterocycles. The number of benzene rings is 2. The second kappa shape index (κ2) is 8.59. The first kappa shape index (κ1) is 18.1. The van der Waals surface area contributed by atoms with Gasteiger partial charge in [0.25, 0.3) is 0 Å². The van der Waals surface area contributed by atoms with E-state index in [0.717, 1.165) is 17.3 Å². The van der Waals surface area contributed by atoms with E-state index in [2.05, 4.69) is 5.32 Å². The van der Waals surface area contributed by atoms with Gasteiger partial charge in [0.15, 0.2) is 5.78 Å². The van der Waals surface area contributed by atoms with Gasteiger partial charge in [-0.05, 0) is 43.2 Å². The lowest BCUT2D eigenvalue weighted by Crippen LogP contribution is -2.27. The molecule has 0 saturated carbocycles. The molecule has 0 unspecified atom stereocenters. The summed E-state index contributed by atoms with van der Waals surface area (Å²) >= 11 is 1.07. The van der Waals surface area contributed by atoms with Crippen LogP contribution in [-0.4, -0.2) is 24.0 Å². The van der Waals surface area contributed by atoms with E-state index in [0.29, 0.717) is 23.4 Å². The van der Waals surface area contributed by atoms with Crippen molar-refractivity contribution in [3.05, 3.63) is 65.2 Å². The third-order valence-corrected chi connectivity index (χ3v) is 4.37. The van der Waals surface area contributed by atoms with Crippen LogP contribution in [0.1, 0.15) is 22.8 Å². The van der Waals surface area contributed by atoms with Gasteiger partial charge in [0.05, 0.1) is 5.75 Å². The molecule has 0 fully saturated rings. The second-order valence-corrected chi connectivity index (χ2v) is 6.24. The van der Waals surface area contributed by atoms with Crippen molar-refractivity contribution in [1.29, 1.82) is 0 Å². The van der Waals surface area contributed by atoms with Gasteiger partial charge in [-0.3, -0.25) is 9.59 Å². The molecule has 0 aliphatic rings. The Balaban J connectivity index is 1.78. The summed E-state index contributed by atoms with van der Waals surface area (Å²) in [5.74, 6) is -1.19. The van der Waals surface area contributed by atoms with Crippen LogP contribution in [0.2, 0.25) is 0 Å². The van der Waals surface area contributed by atoms with Crippen LogP contribution in [0.5, 0.6) is 0 Å². The summed E-state index contributed by atoms with van der Waals surface area (Å²) in [6, 6.07) is 10.4. The number of hydrogen-bond acceptors (Lipinski definition) is 3. The zero-order valence-corrected chi connectivity index (χ0v) is 14.0. The van der Waals surface area contributed by atoms with Crippen molar-refractivity contribution < 1.29 is 18.4 Å². The molecule has 3 nitrogen and oxygen atoms in total. The summed E-state index contributed by atoms with van der Waals surface area (Å²) in [5, 5.41) is 2.71. The largest absolute Gasteiger partial charge is 0.355 e. The van der Waals surface area contributed by atoms with E-state index in [1.807, 2.05) is 0 Å². The predicted molar refractivity (Wildman–Crippen MR) is 90.2 cm³/mol. The van der Waals surface area contributed by atoms with Crippen LogP contribution in [0, 0.1) is 11.6 Å². The van der Waals surface area contributed by atoms with Crippen LogP contribution in [-0.2, 0) is 11.2 Å². The molecule has 0 spiro atoms. The summed E-state index contributed by atoms with van der Waals surface area (Å²) in [5.41, 5.74) is 1.10. The van der Waals surface area contributed by atoms with Crippen molar-refractivity contribution in [3.8, 4) is 0 Å². The average molecular weight is 349 g/mol. The Morgan fingerprint density at radius 1 is 1.12 bits per heavy atom. The Kier molecular flexibility index (Phi) is 6.49. The maximum absolute atomic E-state index is 13.8. The molecular formula is C18H17F2NO2S. The third-order valence-electron chi connectivity index (χ3n) is 3.32. The van der Waals surface area contributed by atoms with E-state index < -0.39 is 5.82 Å². The minimum atomic E-state index is -0.514. The lowest BCUT2D eigenvalue weighted by molar-refractivity contribution is -0.118. The Hall–Kier alpha value is -2.21. The van der Waals surface area contributed by atoms with Gasteiger partial charge < -0.3 is 5.32 Å². The van der Waals surface area contributed by atoms with E-state index in [9.17, 15) is 18.4 Å². The van der Waals surface area contributed by atoms with Gasteiger partial charge in [-0.15, -0.1) is 11.8 Å². The lowest BCUT2D eigenvalue weighted by atomic mass is 10.1. The highest BCUT2D eigenvalue weighted by Crippen LogP contribution is 2.22. The molecule has 1 amide bonds. The van der Waals surface area contributed by atoms with E-state index in [1.54, 1.807) is 12.1 Å². The van der Waals surface area contributed by atoms with Crippen molar-refractivity contribution >= 4 is 23.5 Å². The number of hydrogen-bond donors (Lipinski definition) is 1. The summed E-state index contributed by atoms with van der Waals surface area (Å²) in [6.45, 7) is 1.75. The Morgan fingerprint density at radius 3 is 2.58 bits per heavy atom. The first-order valence-corrected chi connectivity index (χ1v) is 8.38. The monoisotopic (exact) mass is 349 g/mol. The summed E-state index contributed by atoms with van der Waals surface area (Å²) in [7, 11) is 0. The van der Waals surface area contributed by atoms with Crippen LogP contribution >= 0.6 is 11.8 Å². The molecule has 24 heavy (non-hydrogen) atoms. The molecule has 2 rings (SSSR count). The van der Waals surface area contributed by atoms with Crippen molar-refractivity contribution in [2.45, 2.75) is 18.2 Å². The first-order valence-electron chi connectivity index (χ1n) is 7.40. The Labute approximate surface area is 143 Å². The number of halogens is 2. The quantitative estimate of drug-likeness (QED) is 0.613. The highest BCUT2D eigenvalue weighted by Gasteiger charge is 2.09. The molecule has 0 atom stereocenters. The number of nitrogens with one attached hydrogen (secondary N) is 1. The topological polar surface area (TPSA) is 46.2 Å². The van der Waals surface area contributed by atoms with Crippen LogP contribution < -0.4 is 5.32 Å².